The Morgan fingerprint density at radius 3 is 3.27 bits per heavy atom. The lowest BCUT2D eigenvalue weighted by Gasteiger charge is -2.27. The molecule has 0 radical (unpaired) electrons. The van der Waals surface area contributed by atoms with E-state index in [1.54, 1.807) is 0 Å². The Hall–Kier alpha value is -0.990. The van der Waals surface area contributed by atoms with Crippen molar-refractivity contribution < 1.29 is 0 Å². The molecule has 1 aromatic heterocycles. The summed E-state index contributed by atoms with van der Waals surface area (Å²) < 4.78 is 2.04. The number of aromatic nitrogens is 2. The molecule has 2 rings (SSSR count). The summed E-state index contributed by atoms with van der Waals surface area (Å²) in [6.45, 7) is 4.40. The van der Waals surface area contributed by atoms with Crippen LogP contribution in [0.3, 0.4) is 0 Å². The van der Waals surface area contributed by atoms with Crippen molar-refractivity contribution in [1.29, 1.82) is 0 Å². The molecule has 1 aromatic rings. The lowest BCUT2D eigenvalue weighted by atomic mass is 10.1. The summed E-state index contributed by atoms with van der Waals surface area (Å²) in [5.41, 5.74) is 0. The van der Waals surface area contributed by atoms with E-state index in [0.29, 0.717) is 12.1 Å². The first-order valence-corrected chi connectivity index (χ1v) is 4.07. The van der Waals surface area contributed by atoms with Crippen molar-refractivity contribution >= 4 is 5.82 Å². The normalized spacial score (nSPS) is 29.3. The van der Waals surface area contributed by atoms with Gasteiger partial charge >= 0.3 is 0 Å². The van der Waals surface area contributed by atoms with Crippen molar-refractivity contribution in [3.8, 4) is 0 Å². The number of fused-ring (bicyclic) bond motifs is 1. The van der Waals surface area contributed by atoms with Gasteiger partial charge in [0.2, 0.25) is 0 Å². The Morgan fingerprint density at radius 2 is 2.45 bits per heavy atom. The number of hydrogen-bond donors (Lipinski definition) is 1. The molecule has 1 N–H and O–H groups in total. The average Bonchev–Trinajstić information content (AvgIpc) is 2.34. The van der Waals surface area contributed by atoms with E-state index >= 15 is 0 Å². The Bertz CT molecular complexity index is 254. The monoisotopic (exact) mass is 151 g/mol. The largest absolute Gasteiger partial charge is 0.368 e. The Kier molecular flexibility index (Phi) is 1.37. The van der Waals surface area contributed by atoms with E-state index in [-0.39, 0.29) is 0 Å². The SMILES string of the molecule is C[C@@H]1C[C@H](C)n2nccc2N1. The minimum atomic E-state index is 0.538. The van der Waals surface area contributed by atoms with Gasteiger partial charge in [-0.05, 0) is 20.3 Å². The molecular weight excluding hydrogens is 138 g/mol. The summed E-state index contributed by atoms with van der Waals surface area (Å²) in [4.78, 5) is 0. The van der Waals surface area contributed by atoms with Crippen molar-refractivity contribution in [1.82, 2.24) is 9.78 Å². The Balaban J connectivity index is 2.36. The van der Waals surface area contributed by atoms with Crippen molar-refractivity contribution in [3.05, 3.63) is 12.3 Å². The molecule has 11 heavy (non-hydrogen) atoms. The summed E-state index contributed by atoms with van der Waals surface area (Å²) in [7, 11) is 0. The van der Waals surface area contributed by atoms with Crippen molar-refractivity contribution in [3.63, 3.8) is 0 Å². The highest BCUT2D eigenvalue weighted by Crippen LogP contribution is 2.24. The number of anilines is 1. The second-order valence-corrected chi connectivity index (χ2v) is 3.29. The third kappa shape index (κ3) is 1.00. The first kappa shape index (κ1) is 6.70. The number of nitrogens with one attached hydrogen (secondary N) is 1. The van der Waals surface area contributed by atoms with Crippen LogP contribution in [0.4, 0.5) is 5.82 Å². The predicted molar refractivity (Wildman–Crippen MR) is 44.6 cm³/mol. The minimum Gasteiger partial charge on any atom is -0.368 e. The van der Waals surface area contributed by atoms with Crippen molar-refractivity contribution in [2.45, 2.75) is 32.4 Å². The zero-order chi connectivity index (χ0) is 7.84. The van der Waals surface area contributed by atoms with Crippen LogP contribution in [0.2, 0.25) is 0 Å². The highest BCUT2D eigenvalue weighted by Gasteiger charge is 2.19. The molecule has 0 fully saturated rings. The van der Waals surface area contributed by atoms with Gasteiger partial charge in [0.05, 0.1) is 12.2 Å². The van der Waals surface area contributed by atoms with Gasteiger partial charge in [-0.1, -0.05) is 0 Å². The fourth-order valence-corrected chi connectivity index (χ4v) is 1.70. The fourth-order valence-electron chi connectivity index (χ4n) is 1.70. The van der Waals surface area contributed by atoms with Crippen LogP contribution in [-0.4, -0.2) is 15.8 Å². The number of nitrogens with zero attached hydrogens (tertiary/aromatic N) is 2. The summed E-state index contributed by atoms with van der Waals surface area (Å²) in [6.07, 6.45) is 3.01. The van der Waals surface area contributed by atoms with Gasteiger partial charge in [0.1, 0.15) is 5.82 Å². The Labute approximate surface area is 66.4 Å². The van der Waals surface area contributed by atoms with Crippen LogP contribution in [0.25, 0.3) is 0 Å². The van der Waals surface area contributed by atoms with Gasteiger partial charge in [0, 0.05) is 12.1 Å². The standard InChI is InChI=1S/C8H13N3/c1-6-5-7(2)11-8(10-6)3-4-9-11/h3-4,6-7,10H,5H2,1-2H3/t6-,7+/m1/s1. The van der Waals surface area contributed by atoms with Gasteiger partial charge in [-0.3, -0.25) is 0 Å². The molecule has 3 nitrogen and oxygen atoms in total. The molecule has 3 heteroatoms. The minimum absolute atomic E-state index is 0.538. The molecule has 0 unspecified atom stereocenters. The van der Waals surface area contributed by atoms with E-state index in [0.717, 1.165) is 12.2 Å². The third-order valence-corrected chi connectivity index (χ3v) is 2.18. The number of hydrogen-bond acceptors (Lipinski definition) is 2. The molecule has 0 saturated heterocycles. The van der Waals surface area contributed by atoms with Crippen LogP contribution in [0.5, 0.6) is 0 Å². The molecule has 60 valence electrons. The van der Waals surface area contributed by atoms with Crippen molar-refractivity contribution in [2.24, 2.45) is 0 Å². The topological polar surface area (TPSA) is 29.9 Å². The van der Waals surface area contributed by atoms with E-state index in [2.05, 4.69) is 24.3 Å². The van der Waals surface area contributed by atoms with E-state index in [9.17, 15) is 0 Å². The highest BCUT2D eigenvalue weighted by atomic mass is 15.4. The molecule has 2 heterocycles. The van der Waals surface area contributed by atoms with E-state index in [4.69, 9.17) is 0 Å². The molecule has 0 aliphatic carbocycles. The van der Waals surface area contributed by atoms with Gasteiger partial charge in [-0.15, -0.1) is 0 Å². The van der Waals surface area contributed by atoms with Crippen LogP contribution in [-0.2, 0) is 0 Å². The molecule has 2 atom stereocenters. The highest BCUT2D eigenvalue weighted by molar-refractivity contribution is 5.37. The van der Waals surface area contributed by atoms with E-state index in [1.165, 1.54) is 0 Å². The molecule has 1 aliphatic heterocycles. The van der Waals surface area contributed by atoms with Gasteiger partial charge in [0.15, 0.2) is 0 Å². The molecular formula is C8H13N3. The maximum atomic E-state index is 4.23. The average molecular weight is 151 g/mol. The molecule has 0 aromatic carbocycles. The van der Waals surface area contributed by atoms with Gasteiger partial charge in [-0.2, -0.15) is 5.10 Å². The molecule has 0 bridgehead atoms. The molecule has 1 aliphatic rings. The fraction of sp³-hybridized carbons (Fsp3) is 0.625. The van der Waals surface area contributed by atoms with Gasteiger partial charge in [-0.25, -0.2) is 4.68 Å². The van der Waals surface area contributed by atoms with E-state index in [1.807, 2.05) is 16.9 Å². The van der Waals surface area contributed by atoms with Crippen LogP contribution >= 0.6 is 0 Å². The predicted octanol–water partition coefficient (Wildman–Crippen LogP) is 1.65. The maximum Gasteiger partial charge on any atom is 0.124 e. The zero-order valence-corrected chi connectivity index (χ0v) is 6.91. The van der Waals surface area contributed by atoms with Crippen molar-refractivity contribution in [2.75, 3.05) is 5.32 Å². The van der Waals surface area contributed by atoms with Crippen LogP contribution < -0.4 is 5.32 Å². The number of rotatable bonds is 0. The molecule has 0 amide bonds. The summed E-state index contributed by atoms with van der Waals surface area (Å²) >= 11 is 0. The van der Waals surface area contributed by atoms with Crippen LogP contribution in [0.1, 0.15) is 26.3 Å². The zero-order valence-electron chi connectivity index (χ0n) is 6.91. The first-order chi connectivity index (χ1) is 5.27. The second kappa shape index (κ2) is 2.26. The first-order valence-electron chi connectivity index (χ1n) is 4.07. The quantitative estimate of drug-likeness (QED) is 0.611. The second-order valence-electron chi connectivity index (χ2n) is 3.29. The Morgan fingerprint density at radius 1 is 1.64 bits per heavy atom. The maximum absolute atomic E-state index is 4.23. The smallest absolute Gasteiger partial charge is 0.124 e. The lowest BCUT2D eigenvalue weighted by molar-refractivity contribution is 0.414. The third-order valence-electron chi connectivity index (χ3n) is 2.18. The summed E-state index contributed by atoms with van der Waals surface area (Å²) in [5.74, 6) is 1.15. The molecule has 0 saturated carbocycles. The lowest BCUT2D eigenvalue weighted by Crippen LogP contribution is -2.28. The molecule has 0 spiro atoms. The van der Waals surface area contributed by atoms with Crippen LogP contribution in [0.15, 0.2) is 12.3 Å². The summed E-state index contributed by atoms with van der Waals surface area (Å²) in [6, 6.07) is 3.14. The van der Waals surface area contributed by atoms with Gasteiger partial charge < -0.3 is 5.32 Å². The van der Waals surface area contributed by atoms with Crippen LogP contribution in [0, 0.1) is 0 Å². The summed E-state index contributed by atoms with van der Waals surface area (Å²) in [5, 5.41) is 7.60. The van der Waals surface area contributed by atoms with E-state index < -0.39 is 0 Å². The van der Waals surface area contributed by atoms with Gasteiger partial charge in [0.25, 0.3) is 0 Å².